The summed E-state index contributed by atoms with van der Waals surface area (Å²) in [6.45, 7) is 0.477. The van der Waals surface area contributed by atoms with Crippen LogP contribution in [0.25, 0.3) is 0 Å². The molecule has 3 aromatic rings. The molecule has 5 rings (SSSR count). The largest absolute Gasteiger partial charge is 0.398 e. The Morgan fingerprint density at radius 1 is 1.12 bits per heavy atom. The molecule has 3 aromatic carbocycles. The van der Waals surface area contributed by atoms with Crippen molar-refractivity contribution in [3.8, 4) is 0 Å². The van der Waals surface area contributed by atoms with E-state index in [1.165, 1.54) is 6.07 Å². The lowest BCUT2D eigenvalue weighted by Crippen LogP contribution is -2.46. The van der Waals surface area contributed by atoms with E-state index in [1.54, 1.807) is 29.2 Å². The third-order valence-corrected chi connectivity index (χ3v) is 6.82. The van der Waals surface area contributed by atoms with E-state index < -0.39 is 11.9 Å². The number of urea groups is 1. The fourth-order valence-corrected chi connectivity index (χ4v) is 5.24. The first-order chi connectivity index (χ1) is 15.7. The zero-order valence-electron chi connectivity index (χ0n) is 17.1. The first kappa shape index (κ1) is 22.0. The van der Waals surface area contributed by atoms with E-state index in [2.05, 4.69) is 5.32 Å². The highest BCUT2D eigenvalue weighted by Crippen LogP contribution is 2.47. The zero-order chi connectivity index (χ0) is 23.4. The van der Waals surface area contributed by atoms with Gasteiger partial charge < -0.3 is 11.1 Å². The highest BCUT2D eigenvalue weighted by molar-refractivity contribution is 6.33. The monoisotopic (exact) mass is 503 g/mol. The SMILES string of the molecule is Nc1cc(CC(=O)c2cc(F)cc(Cl)c2)c2c3c1CCN3C(=O)NC2c1cc(Cl)ccc1Cl. The fraction of sp³-hybridized carbons (Fsp3) is 0.167. The number of nitrogens with zero attached hydrogens (tertiary/aromatic N) is 1. The number of amides is 2. The van der Waals surface area contributed by atoms with Gasteiger partial charge in [0.2, 0.25) is 0 Å². The van der Waals surface area contributed by atoms with E-state index in [0.717, 1.165) is 23.3 Å². The van der Waals surface area contributed by atoms with Gasteiger partial charge in [0, 0.05) is 50.4 Å². The van der Waals surface area contributed by atoms with E-state index in [-0.39, 0.29) is 28.8 Å². The van der Waals surface area contributed by atoms with Crippen molar-refractivity contribution < 1.29 is 14.0 Å². The maximum absolute atomic E-state index is 13.8. The van der Waals surface area contributed by atoms with Crippen molar-refractivity contribution in [1.82, 2.24) is 5.32 Å². The number of benzene rings is 3. The molecule has 3 N–H and O–H groups in total. The molecule has 2 heterocycles. The number of Topliss-reactive ketones (excluding diaryl/α,β-unsaturated/α-hetero) is 1. The molecule has 0 radical (unpaired) electrons. The molecule has 33 heavy (non-hydrogen) atoms. The molecule has 2 amide bonds. The maximum atomic E-state index is 13.8. The summed E-state index contributed by atoms with van der Waals surface area (Å²) in [6.07, 6.45) is 0.538. The molecule has 1 unspecified atom stereocenters. The van der Waals surface area contributed by atoms with Crippen LogP contribution in [0.5, 0.6) is 0 Å². The zero-order valence-corrected chi connectivity index (χ0v) is 19.4. The topological polar surface area (TPSA) is 75.4 Å². The highest BCUT2D eigenvalue weighted by Gasteiger charge is 2.40. The van der Waals surface area contributed by atoms with Crippen molar-refractivity contribution in [3.05, 3.63) is 91.2 Å². The van der Waals surface area contributed by atoms with Gasteiger partial charge in [-0.1, -0.05) is 34.8 Å². The lowest BCUT2D eigenvalue weighted by atomic mass is 9.86. The lowest BCUT2D eigenvalue weighted by Gasteiger charge is -2.35. The third kappa shape index (κ3) is 3.82. The first-order valence-corrected chi connectivity index (χ1v) is 11.3. The second kappa shape index (κ2) is 8.20. The molecule has 5 nitrogen and oxygen atoms in total. The number of carbonyl (C=O) groups excluding carboxylic acids is 2. The third-order valence-electron chi connectivity index (χ3n) is 6.03. The Balaban J connectivity index is 1.68. The standard InChI is InChI=1S/C24H17Cl3FN3O2/c25-13-1-2-18(27)17(10-13)22-21-12(8-20(32)11-5-14(26)9-15(28)6-11)7-19(29)16-3-4-31(23(16)21)24(33)30-22/h1-2,5-7,9-10,22H,3-4,8,29H2,(H,30,33). The minimum Gasteiger partial charge on any atom is -0.398 e. The number of nitrogens with one attached hydrogen (secondary N) is 1. The van der Waals surface area contributed by atoms with Crippen LogP contribution in [-0.4, -0.2) is 18.4 Å². The summed E-state index contributed by atoms with van der Waals surface area (Å²) in [5.41, 5.74) is 10.5. The van der Waals surface area contributed by atoms with E-state index in [0.29, 0.717) is 45.5 Å². The number of ketones is 1. The van der Waals surface area contributed by atoms with Crippen LogP contribution >= 0.6 is 34.8 Å². The Morgan fingerprint density at radius 3 is 2.67 bits per heavy atom. The minimum absolute atomic E-state index is 0.0645. The van der Waals surface area contributed by atoms with Gasteiger partial charge in [-0.05, 0) is 60.0 Å². The summed E-state index contributed by atoms with van der Waals surface area (Å²) in [5.74, 6) is -0.924. The molecule has 2 aliphatic rings. The second-order valence-electron chi connectivity index (χ2n) is 8.07. The molecular formula is C24H17Cl3FN3O2. The van der Waals surface area contributed by atoms with Crippen molar-refractivity contribution in [2.75, 3.05) is 17.2 Å². The second-order valence-corrected chi connectivity index (χ2v) is 9.35. The highest BCUT2D eigenvalue weighted by atomic mass is 35.5. The smallest absolute Gasteiger partial charge is 0.322 e. The van der Waals surface area contributed by atoms with Gasteiger partial charge in [0.1, 0.15) is 5.82 Å². The number of carbonyl (C=O) groups is 2. The number of nitrogens with two attached hydrogens (primary N) is 1. The normalized spacial score (nSPS) is 16.5. The van der Waals surface area contributed by atoms with Gasteiger partial charge in [0.25, 0.3) is 0 Å². The van der Waals surface area contributed by atoms with E-state index >= 15 is 0 Å². The van der Waals surface area contributed by atoms with Gasteiger partial charge in [0.05, 0.1) is 11.7 Å². The van der Waals surface area contributed by atoms with Gasteiger partial charge in [-0.2, -0.15) is 0 Å². The molecule has 0 aliphatic carbocycles. The average Bonchev–Trinajstić information content (AvgIpc) is 3.20. The number of anilines is 2. The van der Waals surface area contributed by atoms with Crippen molar-refractivity contribution in [3.63, 3.8) is 0 Å². The maximum Gasteiger partial charge on any atom is 0.322 e. The van der Waals surface area contributed by atoms with Crippen LogP contribution in [0.1, 0.15) is 38.7 Å². The molecule has 0 fully saturated rings. The molecule has 0 aromatic heterocycles. The Kier molecular flexibility index (Phi) is 5.47. The van der Waals surface area contributed by atoms with Crippen LogP contribution in [0.3, 0.4) is 0 Å². The average molecular weight is 505 g/mol. The summed E-state index contributed by atoms with van der Waals surface area (Å²) < 4.78 is 13.8. The van der Waals surface area contributed by atoms with Crippen LogP contribution in [-0.2, 0) is 12.8 Å². The fourth-order valence-electron chi connectivity index (χ4n) is 4.61. The quantitative estimate of drug-likeness (QED) is 0.340. The summed E-state index contributed by atoms with van der Waals surface area (Å²) >= 11 is 18.7. The van der Waals surface area contributed by atoms with Crippen LogP contribution in [0.4, 0.5) is 20.6 Å². The van der Waals surface area contributed by atoms with Gasteiger partial charge in [-0.3, -0.25) is 9.69 Å². The van der Waals surface area contributed by atoms with Crippen LogP contribution < -0.4 is 16.0 Å². The Morgan fingerprint density at radius 2 is 1.91 bits per heavy atom. The van der Waals surface area contributed by atoms with Crippen molar-refractivity contribution >= 4 is 58.0 Å². The van der Waals surface area contributed by atoms with E-state index in [9.17, 15) is 14.0 Å². The number of hydrogen-bond acceptors (Lipinski definition) is 3. The Labute approximate surface area is 204 Å². The summed E-state index contributed by atoms with van der Waals surface area (Å²) in [7, 11) is 0. The summed E-state index contributed by atoms with van der Waals surface area (Å²) in [6, 6.07) is 9.57. The lowest BCUT2D eigenvalue weighted by molar-refractivity contribution is 0.0992. The molecule has 168 valence electrons. The van der Waals surface area contributed by atoms with Gasteiger partial charge in [0.15, 0.2) is 5.78 Å². The van der Waals surface area contributed by atoms with Crippen molar-refractivity contribution in [1.29, 1.82) is 0 Å². The van der Waals surface area contributed by atoms with Crippen LogP contribution in [0, 0.1) is 5.82 Å². The number of halogens is 4. The predicted molar refractivity (Wildman–Crippen MR) is 128 cm³/mol. The predicted octanol–water partition coefficient (Wildman–Crippen LogP) is 5.97. The number of rotatable bonds is 4. The molecule has 0 spiro atoms. The molecule has 0 bridgehead atoms. The first-order valence-electron chi connectivity index (χ1n) is 10.2. The van der Waals surface area contributed by atoms with Gasteiger partial charge in [-0.25, -0.2) is 9.18 Å². The van der Waals surface area contributed by atoms with Gasteiger partial charge in [-0.15, -0.1) is 0 Å². The number of nitrogen functional groups attached to an aromatic ring is 1. The van der Waals surface area contributed by atoms with E-state index in [1.807, 2.05) is 0 Å². The number of hydrogen-bond donors (Lipinski definition) is 2. The van der Waals surface area contributed by atoms with E-state index in [4.69, 9.17) is 40.5 Å². The van der Waals surface area contributed by atoms with Crippen molar-refractivity contribution in [2.45, 2.75) is 18.9 Å². The van der Waals surface area contributed by atoms with Crippen LogP contribution in [0.15, 0.2) is 42.5 Å². The molecule has 0 saturated carbocycles. The minimum atomic E-state index is -0.633. The molecule has 1 atom stereocenters. The summed E-state index contributed by atoms with van der Waals surface area (Å²) in [4.78, 5) is 27.7. The summed E-state index contributed by atoms with van der Waals surface area (Å²) in [5, 5.41) is 4.02. The molecule has 2 aliphatic heterocycles. The Bertz CT molecular complexity index is 1320. The molecular weight excluding hydrogens is 488 g/mol. The Hall–Kier alpha value is -2.80. The molecule has 9 heteroatoms. The molecule has 0 saturated heterocycles. The van der Waals surface area contributed by atoms with Gasteiger partial charge >= 0.3 is 6.03 Å². The van der Waals surface area contributed by atoms with Crippen molar-refractivity contribution in [2.24, 2.45) is 0 Å². The van der Waals surface area contributed by atoms with Crippen LogP contribution in [0.2, 0.25) is 15.1 Å².